The molecule has 0 radical (unpaired) electrons. The number of benzene rings is 1. The molecule has 1 rings (SSSR count). The highest BCUT2D eigenvalue weighted by Crippen LogP contribution is 2.15. The van der Waals surface area contributed by atoms with Crippen molar-refractivity contribution >= 4 is 40.6 Å². The van der Waals surface area contributed by atoms with Gasteiger partial charge in [-0.05, 0) is 30.4 Å². The summed E-state index contributed by atoms with van der Waals surface area (Å²) < 4.78 is 0. The van der Waals surface area contributed by atoms with Gasteiger partial charge in [-0.3, -0.25) is 4.79 Å². The van der Waals surface area contributed by atoms with Crippen molar-refractivity contribution in [2.45, 2.75) is 12.5 Å². The van der Waals surface area contributed by atoms with E-state index in [1.54, 1.807) is 35.7 Å². The summed E-state index contributed by atoms with van der Waals surface area (Å²) in [6.45, 7) is 5.21. The predicted molar refractivity (Wildman–Crippen MR) is 97.5 cm³/mol. The number of amides is 1. The number of aliphatic carboxylic acids is 1. The molecule has 136 valence electrons. The van der Waals surface area contributed by atoms with Crippen LogP contribution in [0.2, 0.25) is 0 Å². The lowest BCUT2D eigenvalue weighted by Gasteiger charge is -2.16. The summed E-state index contributed by atoms with van der Waals surface area (Å²) in [4.78, 5) is 23.1. The molecule has 0 aromatic heterocycles. The number of rotatable bonds is 10. The number of hydrogen-bond donors (Lipinski definition) is 5. The molecule has 1 atom stereocenters. The van der Waals surface area contributed by atoms with E-state index < -0.39 is 17.9 Å². The van der Waals surface area contributed by atoms with Gasteiger partial charge in [0.15, 0.2) is 5.11 Å². The third-order valence-corrected chi connectivity index (χ3v) is 3.42. The number of carboxylic acid groups (broad SMARTS) is 1. The molecule has 0 fully saturated rings. The summed E-state index contributed by atoms with van der Waals surface area (Å²) in [5, 5.41) is 21.6. The minimum atomic E-state index is -1.27. The molecule has 25 heavy (non-hydrogen) atoms. The average molecular weight is 366 g/mol. The molecule has 0 aliphatic rings. The van der Waals surface area contributed by atoms with Gasteiger partial charge in [0.2, 0.25) is 5.91 Å². The van der Waals surface area contributed by atoms with E-state index in [0.717, 1.165) is 0 Å². The number of anilines is 2. The van der Waals surface area contributed by atoms with Crippen LogP contribution in [0.4, 0.5) is 11.4 Å². The van der Waals surface area contributed by atoms with Crippen LogP contribution in [-0.4, -0.2) is 42.7 Å². The van der Waals surface area contributed by atoms with Crippen molar-refractivity contribution in [1.82, 2.24) is 5.32 Å². The van der Waals surface area contributed by atoms with Gasteiger partial charge < -0.3 is 36.9 Å². The van der Waals surface area contributed by atoms with Gasteiger partial charge in [0.05, 0.1) is 12.4 Å². The molecule has 0 saturated heterocycles. The molecular formula is C16H24N5O3S+. The highest BCUT2D eigenvalue weighted by molar-refractivity contribution is 7.80. The van der Waals surface area contributed by atoms with E-state index in [1.807, 2.05) is 0 Å². The summed E-state index contributed by atoms with van der Waals surface area (Å²) in [6, 6.07) is 6.02. The van der Waals surface area contributed by atoms with E-state index in [0.29, 0.717) is 36.1 Å². The standard InChI is InChI=1S/C16H23N5O3S/c1-2-7-19-16(25)21-12-5-3-4-11(9-12)20-14(22)10-13(15(23)24)18-8-6-17/h2-5,9,13,18H,1,6-8,10,17H2,(H,20,22)(H,23,24)(H2,19,21,25)/p+1/t13-/m0/s1. The number of thiocarbonyl (C=S) groups is 1. The van der Waals surface area contributed by atoms with Gasteiger partial charge in [-0.25, -0.2) is 0 Å². The average Bonchev–Trinajstić information content (AvgIpc) is 2.56. The number of carbonyl (C=O) groups is 2. The first-order chi connectivity index (χ1) is 12.0. The maximum atomic E-state index is 12.1. The van der Waals surface area contributed by atoms with Crippen molar-refractivity contribution in [2.24, 2.45) is 0 Å². The number of carboxylic acids is 1. The zero-order valence-electron chi connectivity index (χ0n) is 13.9. The van der Waals surface area contributed by atoms with Crippen LogP contribution >= 0.6 is 12.2 Å². The highest BCUT2D eigenvalue weighted by Gasteiger charge is 2.18. The number of hydrogen-bond acceptors (Lipinski definition) is 4. The third-order valence-electron chi connectivity index (χ3n) is 3.17. The van der Waals surface area contributed by atoms with Gasteiger partial charge in [-0.2, -0.15) is 0 Å². The molecule has 1 aromatic carbocycles. The molecule has 0 aliphatic heterocycles. The lowest BCUT2D eigenvalue weighted by molar-refractivity contribution is -0.695. The van der Waals surface area contributed by atoms with Crippen LogP contribution in [0.5, 0.6) is 0 Å². The van der Waals surface area contributed by atoms with E-state index in [2.05, 4.69) is 28.3 Å². The number of nitrogens with two attached hydrogens (primary N) is 1. The Morgan fingerprint density at radius 1 is 1.36 bits per heavy atom. The van der Waals surface area contributed by atoms with E-state index in [4.69, 9.17) is 12.2 Å². The van der Waals surface area contributed by atoms with Gasteiger partial charge in [-0.15, -0.1) is 6.58 Å². The molecular weight excluding hydrogens is 342 g/mol. The lowest BCUT2D eigenvalue weighted by Crippen LogP contribution is -2.95. The van der Waals surface area contributed by atoms with E-state index in [1.165, 1.54) is 0 Å². The number of carbonyl (C=O) groups excluding carboxylic acids is 2. The van der Waals surface area contributed by atoms with Gasteiger partial charge in [0, 0.05) is 17.9 Å². The molecule has 0 aliphatic carbocycles. The van der Waals surface area contributed by atoms with Crippen molar-refractivity contribution < 1.29 is 25.7 Å². The zero-order valence-corrected chi connectivity index (χ0v) is 14.7. The molecule has 8 N–H and O–H groups in total. The van der Waals surface area contributed by atoms with Crippen LogP contribution in [0.3, 0.4) is 0 Å². The van der Waals surface area contributed by atoms with Crippen LogP contribution in [0.1, 0.15) is 6.42 Å². The SMILES string of the molecule is C=CCNC(=S)Nc1cccc(NC(=O)C[C@H]([NH2+]CC[NH3+])C(=O)[O-])c1. The summed E-state index contributed by atoms with van der Waals surface area (Å²) in [7, 11) is 0. The Morgan fingerprint density at radius 3 is 2.64 bits per heavy atom. The minimum absolute atomic E-state index is 0.181. The molecule has 0 bridgehead atoms. The molecule has 0 heterocycles. The van der Waals surface area contributed by atoms with Gasteiger partial charge in [0.1, 0.15) is 19.1 Å². The Labute approximate surface area is 151 Å². The van der Waals surface area contributed by atoms with Crippen LogP contribution in [0.25, 0.3) is 0 Å². The fourth-order valence-corrected chi connectivity index (χ4v) is 2.21. The molecule has 0 spiro atoms. The molecule has 1 amide bonds. The fourth-order valence-electron chi connectivity index (χ4n) is 2.01. The molecule has 9 heteroatoms. The zero-order chi connectivity index (χ0) is 18.7. The molecule has 0 saturated carbocycles. The minimum Gasteiger partial charge on any atom is -0.544 e. The predicted octanol–water partition coefficient (Wildman–Crippen LogP) is -2.59. The lowest BCUT2D eigenvalue weighted by atomic mass is 10.2. The second-order valence-electron chi connectivity index (χ2n) is 5.26. The van der Waals surface area contributed by atoms with E-state index >= 15 is 0 Å². The largest absolute Gasteiger partial charge is 0.544 e. The Balaban J connectivity index is 2.61. The molecule has 0 unspecified atom stereocenters. The van der Waals surface area contributed by atoms with Crippen LogP contribution < -0.4 is 32.1 Å². The van der Waals surface area contributed by atoms with Crippen molar-refractivity contribution in [2.75, 3.05) is 30.3 Å². The smallest absolute Gasteiger partial charge is 0.230 e. The number of quaternary nitrogens is 2. The fraction of sp³-hybridized carbons (Fsp3) is 0.312. The quantitative estimate of drug-likeness (QED) is 0.228. The maximum Gasteiger partial charge on any atom is 0.230 e. The maximum absolute atomic E-state index is 12.1. The number of nitrogens with one attached hydrogen (secondary N) is 3. The first kappa shape index (κ1) is 20.6. The Morgan fingerprint density at radius 2 is 2.04 bits per heavy atom. The summed E-state index contributed by atoms with van der Waals surface area (Å²) in [5.74, 6) is -1.67. The van der Waals surface area contributed by atoms with Crippen LogP contribution in [0.15, 0.2) is 36.9 Å². The summed E-state index contributed by atoms with van der Waals surface area (Å²) >= 11 is 5.12. The monoisotopic (exact) mass is 366 g/mol. The van der Waals surface area contributed by atoms with Crippen molar-refractivity contribution in [1.29, 1.82) is 0 Å². The molecule has 1 aromatic rings. The normalized spacial score (nSPS) is 11.2. The van der Waals surface area contributed by atoms with Crippen molar-refractivity contribution in [3.8, 4) is 0 Å². The first-order valence-electron chi connectivity index (χ1n) is 7.85. The van der Waals surface area contributed by atoms with Gasteiger partial charge in [-0.1, -0.05) is 12.1 Å². The Bertz CT molecular complexity index is 624. The van der Waals surface area contributed by atoms with Gasteiger partial charge in [0.25, 0.3) is 0 Å². The Kier molecular flexibility index (Phi) is 9.15. The summed E-state index contributed by atoms with van der Waals surface area (Å²) in [6.07, 6.45) is 1.50. The van der Waals surface area contributed by atoms with Crippen LogP contribution in [0, 0.1) is 0 Å². The highest BCUT2D eigenvalue weighted by atomic mass is 32.1. The van der Waals surface area contributed by atoms with Crippen molar-refractivity contribution in [3.05, 3.63) is 36.9 Å². The van der Waals surface area contributed by atoms with Gasteiger partial charge >= 0.3 is 0 Å². The molecule has 8 nitrogen and oxygen atoms in total. The van der Waals surface area contributed by atoms with E-state index in [9.17, 15) is 14.7 Å². The van der Waals surface area contributed by atoms with E-state index in [-0.39, 0.29) is 6.42 Å². The van der Waals surface area contributed by atoms with Crippen LogP contribution in [-0.2, 0) is 9.59 Å². The second-order valence-corrected chi connectivity index (χ2v) is 5.67. The first-order valence-corrected chi connectivity index (χ1v) is 8.26. The topological polar surface area (TPSA) is 138 Å². The second kappa shape index (κ2) is 11.1. The summed E-state index contributed by atoms with van der Waals surface area (Å²) in [5.41, 5.74) is 4.87. The third kappa shape index (κ3) is 8.25. The Hall–Kier alpha value is -2.49. The van der Waals surface area contributed by atoms with Crippen molar-refractivity contribution in [3.63, 3.8) is 0 Å².